The van der Waals surface area contributed by atoms with Gasteiger partial charge in [0, 0.05) is 24.0 Å². The average Bonchev–Trinajstić information content (AvgIpc) is 3.12. The van der Waals surface area contributed by atoms with Crippen LogP contribution >= 0.6 is 15.9 Å². The predicted octanol–water partition coefficient (Wildman–Crippen LogP) is 4.56. The average molecular weight is 498 g/mol. The quantitative estimate of drug-likeness (QED) is 0.399. The van der Waals surface area contributed by atoms with Crippen molar-refractivity contribution in [2.24, 2.45) is 0 Å². The van der Waals surface area contributed by atoms with Gasteiger partial charge in [0.25, 0.3) is 0 Å². The van der Waals surface area contributed by atoms with E-state index in [1.807, 2.05) is 29.7 Å². The van der Waals surface area contributed by atoms with Gasteiger partial charge >= 0.3 is 0 Å². The Morgan fingerprint density at radius 1 is 1.16 bits per heavy atom. The van der Waals surface area contributed by atoms with Crippen molar-refractivity contribution in [2.45, 2.75) is 25.7 Å². The standard InChI is InChI=1S/C23H21BrN4O4/c1-13-20(15-6-7-19(30-3)26-11-15)32-21-17(29-2)9-14(10-18(21)31-13)12-28-22-16(27-23(28)24)5-4-8-25-22/h4-11,13,20H,12H2,1-3H3/t13-,20+/m0/s1/i8D. The van der Waals surface area contributed by atoms with Gasteiger partial charge in [0.15, 0.2) is 28.0 Å². The number of halogens is 1. The van der Waals surface area contributed by atoms with Gasteiger partial charge in [-0.3, -0.25) is 4.57 Å². The van der Waals surface area contributed by atoms with Crippen LogP contribution in [0.15, 0.2) is 53.5 Å². The number of pyridine rings is 2. The lowest BCUT2D eigenvalue weighted by molar-refractivity contribution is 0.0277. The van der Waals surface area contributed by atoms with E-state index in [4.69, 9.17) is 20.3 Å². The molecule has 0 fully saturated rings. The summed E-state index contributed by atoms with van der Waals surface area (Å²) in [6, 6.07) is 11.0. The fraction of sp³-hybridized carbons (Fsp3) is 0.261. The molecule has 1 aromatic carbocycles. The van der Waals surface area contributed by atoms with Crippen LogP contribution in [0, 0.1) is 0 Å². The van der Waals surface area contributed by atoms with Gasteiger partial charge in [0.1, 0.15) is 11.6 Å². The first-order valence-corrected chi connectivity index (χ1v) is 10.8. The molecule has 1 aliphatic rings. The van der Waals surface area contributed by atoms with Crippen LogP contribution in [0.5, 0.6) is 23.1 Å². The molecule has 0 saturated heterocycles. The van der Waals surface area contributed by atoms with Crippen LogP contribution in [-0.2, 0) is 6.54 Å². The van der Waals surface area contributed by atoms with Crippen LogP contribution in [0.4, 0.5) is 0 Å². The minimum absolute atomic E-state index is 0.184. The summed E-state index contributed by atoms with van der Waals surface area (Å²) >= 11 is 3.50. The van der Waals surface area contributed by atoms with E-state index in [2.05, 4.69) is 30.9 Å². The molecule has 164 valence electrons. The maximum absolute atomic E-state index is 7.85. The summed E-state index contributed by atoms with van der Waals surface area (Å²) in [5.74, 6) is 2.25. The zero-order valence-electron chi connectivity index (χ0n) is 18.7. The number of nitrogens with zero attached hydrogens (tertiary/aromatic N) is 4. The normalized spacial score (nSPS) is 17.8. The van der Waals surface area contributed by atoms with Gasteiger partial charge in [-0.15, -0.1) is 0 Å². The first-order valence-electron chi connectivity index (χ1n) is 10.5. The van der Waals surface area contributed by atoms with E-state index in [1.165, 1.54) is 0 Å². The third-order valence-corrected chi connectivity index (χ3v) is 5.93. The second kappa shape index (κ2) is 8.31. The van der Waals surface area contributed by atoms with Gasteiger partial charge in [-0.05, 0) is 58.7 Å². The van der Waals surface area contributed by atoms with E-state index in [0.717, 1.165) is 11.1 Å². The lowest BCUT2D eigenvalue weighted by Gasteiger charge is -2.33. The van der Waals surface area contributed by atoms with Crippen LogP contribution in [-0.4, -0.2) is 39.8 Å². The summed E-state index contributed by atoms with van der Waals surface area (Å²) in [5.41, 5.74) is 3.14. The number of hydrogen-bond acceptors (Lipinski definition) is 7. The number of imidazole rings is 1. The number of ether oxygens (including phenoxy) is 4. The second-order valence-corrected chi connectivity index (χ2v) is 8.08. The number of aromatic nitrogens is 4. The molecule has 2 atom stereocenters. The van der Waals surface area contributed by atoms with Crippen molar-refractivity contribution in [1.82, 2.24) is 19.5 Å². The molecular formula is C23H21BrN4O4. The van der Waals surface area contributed by atoms with E-state index >= 15 is 0 Å². The highest BCUT2D eigenvalue weighted by Gasteiger charge is 2.32. The fourth-order valence-electron chi connectivity index (χ4n) is 3.78. The number of methoxy groups -OCH3 is 2. The van der Waals surface area contributed by atoms with Crippen molar-refractivity contribution >= 4 is 27.1 Å². The molecule has 1 aliphatic heterocycles. The van der Waals surface area contributed by atoms with Gasteiger partial charge in [-0.1, -0.05) is 0 Å². The third-order valence-electron chi connectivity index (χ3n) is 5.33. The van der Waals surface area contributed by atoms with E-state index in [1.54, 1.807) is 38.6 Å². The molecule has 8 nitrogen and oxygen atoms in total. The third kappa shape index (κ3) is 3.62. The number of benzene rings is 1. The summed E-state index contributed by atoms with van der Waals surface area (Å²) in [6.45, 7) is 2.41. The van der Waals surface area contributed by atoms with Crippen LogP contribution in [0.3, 0.4) is 0 Å². The molecule has 0 radical (unpaired) electrons. The SMILES string of the molecule is [2H]c1ccc2nc(Br)n(Cc3cc(OC)c4c(c3)O[C@@H](C)[C@H](c3ccc(OC)nc3)O4)c2n1. The number of rotatable bonds is 5. The smallest absolute Gasteiger partial charge is 0.212 e. The molecule has 0 saturated carbocycles. The summed E-state index contributed by atoms with van der Waals surface area (Å²) < 4.78 is 33.7. The molecule has 0 aliphatic carbocycles. The Morgan fingerprint density at radius 3 is 2.78 bits per heavy atom. The molecule has 9 heteroatoms. The Hall–Kier alpha value is -3.33. The largest absolute Gasteiger partial charge is 0.493 e. The second-order valence-electron chi connectivity index (χ2n) is 7.37. The first-order chi connectivity index (χ1) is 16.0. The molecule has 0 amide bonds. The van der Waals surface area contributed by atoms with Crippen molar-refractivity contribution < 1.29 is 20.3 Å². The Balaban J connectivity index is 1.49. The predicted molar refractivity (Wildman–Crippen MR) is 122 cm³/mol. The van der Waals surface area contributed by atoms with Gasteiger partial charge < -0.3 is 18.9 Å². The highest BCUT2D eigenvalue weighted by atomic mass is 79.9. The monoisotopic (exact) mass is 497 g/mol. The van der Waals surface area contributed by atoms with Crippen LogP contribution in [0.25, 0.3) is 11.2 Å². The molecule has 32 heavy (non-hydrogen) atoms. The van der Waals surface area contributed by atoms with E-state index < -0.39 is 0 Å². The van der Waals surface area contributed by atoms with Gasteiger partial charge in [-0.25, -0.2) is 15.0 Å². The van der Waals surface area contributed by atoms with Gasteiger partial charge in [0.2, 0.25) is 11.6 Å². The minimum Gasteiger partial charge on any atom is -0.493 e. The molecule has 4 aromatic rings. The lowest BCUT2D eigenvalue weighted by Crippen LogP contribution is -2.31. The van der Waals surface area contributed by atoms with Gasteiger partial charge in [0.05, 0.1) is 22.1 Å². The van der Waals surface area contributed by atoms with Crippen molar-refractivity contribution in [3.8, 4) is 23.1 Å². The topological polar surface area (TPSA) is 80.5 Å². The lowest BCUT2D eigenvalue weighted by atomic mass is 10.0. The molecule has 0 unspecified atom stereocenters. The Kier molecular flexibility index (Phi) is 5.03. The number of hydrogen-bond donors (Lipinski definition) is 0. The van der Waals surface area contributed by atoms with E-state index in [9.17, 15) is 0 Å². The van der Waals surface area contributed by atoms with Crippen LogP contribution in [0.1, 0.15) is 25.5 Å². The molecule has 4 heterocycles. The van der Waals surface area contributed by atoms with Crippen LogP contribution in [0.2, 0.25) is 0 Å². The summed E-state index contributed by atoms with van der Waals surface area (Å²) in [4.78, 5) is 13.1. The zero-order valence-corrected chi connectivity index (χ0v) is 19.3. The molecule has 5 rings (SSSR count). The van der Waals surface area contributed by atoms with Crippen LogP contribution < -0.4 is 18.9 Å². The van der Waals surface area contributed by atoms with Crippen molar-refractivity contribution in [3.63, 3.8) is 0 Å². The van der Waals surface area contributed by atoms with Gasteiger partial charge in [-0.2, -0.15) is 0 Å². The van der Waals surface area contributed by atoms with E-state index in [0.29, 0.717) is 45.6 Å². The minimum atomic E-state index is -0.345. The molecule has 0 spiro atoms. The molecule has 3 aromatic heterocycles. The maximum Gasteiger partial charge on any atom is 0.212 e. The Bertz CT molecular complexity index is 1330. The fourth-order valence-corrected chi connectivity index (χ4v) is 4.27. The maximum atomic E-state index is 7.85. The first kappa shape index (κ1) is 19.4. The highest BCUT2D eigenvalue weighted by Crippen LogP contribution is 2.46. The summed E-state index contributed by atoms with van der Waals surface area (Å²) in [7, 11) is 3.18. The zero-order chi connectivity index (χ0) is 23.1. The van der Waals surface area contributed by atoms with Crippen molar-refractivity contribution in [3.05, 3.63) is 64.6 Å². The molecule has 0 N–H and O–H groups in total. The van der Waals surface area contributed by atoms with Crippen molar-refractivity contribution in [2.75, 3.05) is 14.2 Å². The summed E-state index contributed by atoms with van der Waals surface area (Å²) in [6.07, 6.45) is 1.32. The van der Waals surface area contributed by atoms with Crippen molar-refractivity contribution in [1.29, 1.82) is 0 Å². The molecular weight excluding hydrogens is 476 g/mol. The highest BCUT2D eigenvalue weighted by molar-refractivity contribution is 9.10. The Labute approximate surface area is 194 Å². The summed E-state index contributed by atoms with van der Waals surface area (Å²) in [5, 5.41) is 0. The Morgan fingerprint density at radius 2 is 2.03 bits per heavy atom. The molecule has 0 bridgehead atoms. The van der Waals surface area contributed by atoms with E-state index in [-0.39, 0.29) is 18.4 Å². The number of fused-ring (bicyclic) bond motifs is 2.